The molecule has 0 unspecified atom stereocenters. The quantitative estimate of drug-likeness (QED) is 0.402. The summed E-state index contributed by atoms with van der Waals surface area (Å²) in [6, 6.07) is 7.75. The molecule has 0 bridgehead atoms. The molecule has 0 aliphatic rings. The molecule has 120 valence electrons. The van der Waals surface area contributed by atoms with Gasteiger partial charge in [0.05, 0.1) is 5.69 Å². The lowest BCUT2D eigenvalue weighted by molar-refractivity contribution is 0.0439. The van der Waals surface area contributed by atoms with Gasteiger partial charge in [0.1, 0.15) is 6.10 Å². The Morgan fingerprint density at radius 2 is 1.95 bits per heavy atom. The third-order valence-corrected chi connectivity index (χ3v) is 4.96. The fourth-order valence-corrected chi connectivity index (χ4v) is 3.39. The van der Waals surface area contributed by atoms with Gasteiger partial charge in [-0.1, -0.05) is 49.9 Å². The SMILES string of the molecule is CCCCCC[C@@H](C)On1c(-c2ccc(Cl)cc2)csc1=S. The van der Waals surface area contributed by atoms with Crippen LogP contribution in [0, 0.1) is 3.95 Å². The minimum Gasteiger partial charge on any atom is -0.409 e. The second-order valence-corrected chi connectivity index (χ2v) is 7.39. The first kappa shape index (κ1) is 17.5. The van der Waals surface area contributed by atoms with Crippen molar-refractivity contribution in [2.45, 2.75) is 52.1 Å². The molecule has 0 aliphatic carbocycles. The standard InChI is InChI=1S/C17H22ClNOS2/c1-3-4-5-6-7-13(2)20-19-16(12-22-17(19)21)14-8-10-15(18)11-9-14/h8-13H,3-7H2,1-2H3/t13-/m1/s1. The van der Waals surface area contributed by atoms with Crippen LogP contribution in [0.3, 0.4) is 0 Å². The zero-order chi connectivity index (χ0) is 15.9. The summed E-state index contributed by atoms with van der Waals surface area (Å²) in [5.74, 6) is 0. The van der Waals surface area contributed by atoms with Crippen molar-refractivity contribution in [1.82, 2.24) is 4.73 Å². The van der Waals surface area contributed by atoms with Gasteiger partial charge >= 0.3 is 0 Å². The molecule has 1 aromatic carbocycles. The summed E-state index contributed by atoms with van der Waals surface area (Å²) in [6.45, 7) is 4.33. The van der Waals surface area contributed by atoms with Crippen LogP contribution in [-0.2, 0) is 0 Å². The van der Waals surface area contributed by atoms with Gasteiger partial charge in [0, 0.05) is 16.0 Å². The van der Waals surface area contributed by atoms with Crippen molar-refractivity contribution < 1.29 is 4.84 Å². The van der Waals surface area contributed by atoms with Gasteiger partial charge in [-0.3, -0.25) is 0 Å². The molecule has 0 saturated heterocycles. The zero-order valence-electron chi connectivity index (χ0n) is 13.0. The molecule has 5 heteroatoms. The Hall–Kier alpha value is -0.840. The van der Waals surface area contributed by atoms with Gasteiger partial charge < -0.3 is 4.84 Å². The predicted octanol–water partition coefficient (Wildman–Crippen LogP) is 6.39. The minimum absolute atomic E-state index is 0.157. The van der Waals surface area contributed by atoms with E-state index in [1.54, 1.807) is 4.73 Å². The topological polar surface area (TPSA) is 14.2 Å². The van der Waals surface area contributed by atoms with Crippen LogP contribution in [-0.4, -0.2) is 10.8 Å². The molecule has 0 spiro atoms. The third kappa shape index (κ3) is 4.83. The smallest absolute Gasteiger partial charge is 0.197 e. The van der Waals surface area contributed by atoms with E-state index in [0.717, 1.165) is 26.7 Å². The van der Waals surface area contributed by atoms with E-state index in [4.69, 9.17) is 28.7 Å². The molecule has 0 radical (unpaired) electrons. The van der Waals surface area contributed by atoms with Crippen LogP contribution in [0.1, 0.15) is 46.0 Å². The fraction of sp³-hybridized carbons (Fsp3) is 0.471. The lowest BCUT2D eigenvalue weighted by atomic mass is 10.1. The van der Waals surface area contributed by atoms with Crippen LogP contribution in [0.15, 0.2) is 29.6 Å². The average molecular weight is 356 g/mol. The van der Waals surface area contributed by atoms with E-state index in [9.17, 15) is 0 Å². The first-order valence-electron chi connectivity index (χ1n) is 7.75. The number of halogens is 1. The van der Waals surface area contributed by atoms with Gasteiger partial charge in [0.2, 0.25) is 0 Å². The maximum absolute atomic E-state index is 6.07. The Morgan fingerprint density at radius 1 is 1.23 bits per heavy atom. The minimum atomic E-state index is 0.157. The molecule has 0 aliphatic heterocycles. The van der Waals surface area contributed by atoms with Crippen molar-refractivity contribution in [2.75, 3.05) is 0 Å². The largest absolute Gasteiger partial charge is 0.409 e. The number of aromatic nitrogens is 1. The molecule has 0 fully saturated rings. The second-order valence-electron chi connectivity index (χ2n) is 5.45. The summed E-state index contributed by atoms with van der Waals surface area (Å²) < 4.78 is 2.53. The van der Waals surface area contributed by atoms with Crippen molar-refractivity contribution in [2.24, 2.45) is 0 Å². The van der Waals surface area contributed by atoms with Gasteiger partial charge in [-0.25, -0.2) is 0 Å². The highest BCUT2D eigenvalue weighted by Gasteiger charge is 2.11. The summed E-state index contributed by atoms with van der Waals surface area (Å²) in [4.78, 5) is 6.07. The van der Waals surface area contributed by atoms with Crippen molar-refractivity contribution >= 4 is 35.2 Å². The van der Waals surface area contributed by atoms with E-state index >= 15 is 0 Å². The summed E-state index contributed by atoms with van der Waals surface area (Å²) in [5, 5.41) is 2.77. The molecule has 2 aromatic rings. The van der Waals surface area contributed by atoms with Crippen LogP contribution in [0.2, 0.25) is 5.02 Å². The Bertz CT molecular complexity index is 633. The molecule has 1 heterocycles. The lowest BCUT2D eigenvalue weighted by Gasteiger charge is -2.17. The van der Waals surface area contributed by atoms with Gasteiger partial charge in [-0.05, 0) is 44.1 Å². The summed E-state index contributed by atoms with van der Waals surface area (Å²) in [5.41, 5.74) is 2.06. The van der Waals surface area contributed by atoms with E-state index in [1.807, 2.05) is 29.6 Å². The van der Waals surface area contributed by atoms with Crippen LogP contribution in [0.5, 0.6) is 0 Å². The van der Waals surface area contributed by atoms with Gasteiger partial charge in [0.15, 0.2) is 3.95 Å². The number of nitrogens with zero attached hydrogens (tertiary/aromatic N) is 1. The zero-order valence-corrected chi connectivity index (χ0v) is 15.4. The lowest BCUT2D eigenvalue weighted by Crippen LogP contribution is -2.22. The molecule has 0 amide bonds. The molecule has 1 aromatic heterocycles. The van der Waals surface area contributed by atoms with Crippen LogP contribution in [0.25, 0.3) is 11.3 Å². The van der Waals surface area contributed by atoms with Crippen LogP contribution >= 0.6 is 35.2 Å². The normalized spacial score (nSPS) is 12.3. The van der Waals surface area contributed by atoms with Crippen molar-refractivity contribution in [3.8, 4) is 11.3 Å². The average Bonchev–Trinajstić information content (AvgIpc) is 2.86. The van der Waals surface area contributed by atoms with E-state index < -0.39 is 0 Å². The highest BCUT2D eigenvalue weighted by Crippen LogP contribution is 2.25. The predicted molar refractivity (Wildman–Crippen MR) is 98.4 cm³/mol. The summed E-state index contributed by atoms with van der Waals surface area (Å²) >= 11 is 12.9. The van der Waals surface area contributed by atoms with Gasteiger partial charge in [0.25, 0.3) is 0 Å². The second kappa shape index (κ2) is 8.70. The van der Waals surface area contributed by atoms with Crippen molar-refractivity contribution in [1.29, 1.82) is 0 Å². The Morgan fingerprint density at radius 3 is 2.64 bits per heavy atom. The number of thiazole rings is 1. The molecule has 0 saturated carbocycles. The van der Waals surface area contributed by atoms with E-state index in [1.165, 1.54) is 37.0 Å². The van der Waals surface area contributed by atoms with Crippen LogP contribution < -0.4 is 4.84 Å². The molecular weight excluding hydrogens is 334 g/mol. The maximum atomic E-state index is 6.07. The summed E-state index contributed by atoms with van der Waals surface area (Å²) in [7, 11) is 0. The van der Waals surface area contributed by atoms with E-state index in [-0.39, 0.29) is 6.10 Å². The number of unbranched alkanes of at least 4 members (excludes halogenated alkanes) is 3. The number of benzene rings is 1. The van der Waals surface area contributed by atoms with Gasteiger partial charge in [-0.2, -0.15) is 4.73 Å². The monoisotopic (exact) mass is 355 g/mol. The molecule has 0 N–H and O–H groups in total. The molecular formula is C17H22ClNOS2. The number of hydrogen-bond donors (Lipinski definition) is 0. The maximum Gasteiger partial charge on any atom is 0.197 e. The first-order valence-corrected chi connectivity index (χ1v) is 9.42. The molecule has 1 atom stereocenters. The Kier molecular flexibility index (Phi) is 6.93. The van der Waals surface area contributed by atoms with E-state index in [2.05, 4.69) is 13.8 Å². The van der Waals surface area contributed by atoms with Crippen LogP contribution in [0.4, 0.5) is 0 Å². The third-order valence-electron chi connectivity index (χ3n) is 3.55. The van der Waals surface area contributed by atoms with E-state index in [0.29, 0.717) is 0 Å². The number of rotatable bonds is 8. The first-order chi connectivity index (χ1) is 10.6. The summed E-state index contributed by atoms with van der Waals surface area (Å²) in [6.07, 6.45) is 6.22. The molecule has 2 nitrogen and oxygen atoms in total. The molecule has 22 heavy (non-hydrogen) atoms. The van der Waals surface area contributed by atoms with Crippen molar-refractivity contribution in [3.05, 3.63) is 38.6 Å². The number of hydrogen-bond acceptors (Lipinski definition) is 3. The van der Waals surface area contributed by atoms with Crippen molar-refractivity contribution in [3.63, 3.8) is 0 Å². The highest BCUT2D eigenvalue weighted by molar-refractivity contribution is 7.73. The molecule has 2 rings (SSSR count). The highest BCUT2D eigenvalue weighted by atomic mass is 35.5. The fourth-order valence-electron chi connectivity index (χ4n) is 2.30. The Balaban J connectivity index is 2.06. The Labute approximate surface area is 146 Å². The van der Waals surface area contributed by atoms with Gasteiger partial charge in [-0.15, -0.1) is 11.3 Å².